The number of aromatic amines is 1. The molecule has 4 rings (SSSR count). The van der Waals surface area contributed by atoms with Gasteiger partial charge in [0.25, 0.3) is 5.91 Å². The normalized spacial score (nSPS) is 13.4. The SMILES string of the molecule is O=C1N=N[CH]c2c1cccc2-c1nc(=O)[nH]c2ccccc12. The van der Waals surface area contributed by atoms with Gasteiger partial charge in [0.1, 0.15) is 6.54 Å². The number of nitrogens with one attached hydrogen (secondary N) is 1. The minimum Gasteiger partial charge on any atom is -0.305 e. The summed E-state index contributed by atoms with van der Waals surface area (Å²) < 4.78 is 0. The van der Waals surface area contributed by atoms with Crippen molar-refractivity contribution in [2.75, 3.05) is 0 Å². The third kappa shape index (κ3) is 1.85. The molecule has 0 aliphatic carbocycles. The average Bonchev–Trinajstić information content (AvgIpc) is 2.54. The summed E-state index contributed by atoms with van der Waals surface area (Å²) >= 11 is 0. The first-order chi connectivity index (χ1) is 10.7. The third-order valence-electron chi connectivity index (χ3n) is 3.56. The lowest BCUT2D eigenvalue weighted by atomic mass is 9.95. The summed E-state index contributed by atoms with van der Waals surface area (Å²) in [5.74, 6) is -0.395. The molecule has 0 saturated carbocycles. The van der Waals surface area contributed by atoms with Gasteiger partial charge in [-0.3, -0.25) is 4.79 Å². The highest BCUT2D eigenvalue weighted by Crippen LogP contribution is 2.32. The fraction of sp³-hybridized carbons (Fsp3) is 0. The molecular formula is C16H9N4O2. The van der Waals surface area contributed by atoms with Crippen molar-refractivity contribution in [3.8, 4) is 11.3 Å². The Morgan fingerprint density at radius 3 is 2.64 bits per heavy atom. The first kappa shape index (κ1) is 12.6. The molecule has 2 heterocycles. The van der Waals surface area contributed by atoms with E-state index in [4.69, 9.17) is 0 Å². The van der Waals surface area contributed by atoms with Crippen LogP contribution < -0.4 is 5.69 Å². The van der Waals surface area contributed by atoms with Gasteiger partial charge in [-0.05, 0) is 12.1 Å². The number of amides is 1. The first-order valence-electron chi connectivity index (χ1n) is 6.65. The Hall–Kier alpha value is -3.15. The van der Waals surface area contributed by atoms with E-state index >= 15 is 0 Å². The fourth-order valence-corrected chi connectivity index (χ4v) is 2.60. The molecule has 22 heavy (non-hydrogen) atoms. The number of hydrogen-bond donors (Lipinski definition) is 1. The second-order valence-electron chi connectivity index (χ2n) is 4.85. The molecule has 0 unspecified atom stereocenters. The Balaban J connectivity index is 2.08. The van der Waals surface area contributed by atoms with E-state index in [2.05, 4.69) is 20.2 Å². The van der Waals surface area contributed by atoms with Crippen LogP contribution in [0.5, 0.6) is 0 Å². The Kier molecular flexibility index (Phi) is 2.69. The van der Waals surface area contributed by atoms with Gasteiger partial charge < -0.3 is 4.98 Å². The number of para-hydroxylation sites is 1. The summed E-state index contributed by atoms with van der Waals surface area (Å²) in [5, 5.41) is 8.06. The van der Waals surface area contributed by atoms with Crippen LogP contribution >= 0.6 is 0 Å². The van der Waals surface area contributed by atoms with E-state index in [1.807, 2.05) is 30.3 Å². The molecule has 0 bridgehead atoms. The first-order valence-corrected chi connectivity index (χ1v) is 6.65. The summed E-state index contributed by atoms with van der Waals surface area (Å²) in [5.41, 5.74) is 2.56. The highest BCUT2D eigenvalue weighted by Gasteiger charge is 2.21. The van der Waals surface area contributed by atoms with E-state index in [1.165, 1.54) is 6.54 Å². The topological polar surface area (TPSA) is 87.5 Å². The number of fused-ring (bicyclic) bond motifs is 2. The quantitative estimate of drug-likeness (QED) is 0.747. The van der Waals surface area contributed by atoms with Crippen molar-refractivity contribution >= 4 is 16.8 Å². The maximum atomic E-state index is 11.8. The van der Waals surface area contributed by atoms with Crippen molar-refractivity contribution < 1.29 is 4.79 Å². The zero-order valence-electron chi connectivity index (χ0n) is 11.3. The largest absolute Gasteiger partial charge is 0.345 e. The van der Waals surface area contributed by atoms with Gasteiger partial charge >= 0.3 is 5.69 Å². The van der Waals surface area contributed by atoms with Crippen molar-refractivity contribution in [2.24, 2.45) is 10.2 Å². The maximum absolute atomic E-state index is 11.8. The maximum Gasteiger partial charge on any atom is 0.345 e. The number of azo groups is 1. The van der Waals surface area contributed by atoms with Crippen LogP contribution in [0.2, 0.25) is 0 Å². The number of aromatic nitrogens is 2. The second kappa shape index (κ2) is 4.70. The van der Waals surface area contributed by atoms with E-state index < -0.39 is 11.6 Å². The monoisotopic (exact) mass is 289 g/mol. The second-order valence-corrected chi connectivity index (χ2v) is 4.85. The van der Waals surface area contributed by atoms with Gasteiger partial charge in [-0.2, -0.15) is 10.1 Å². The molecule has 1 aromatic heterocycles. The lowest BCUT2D eigenvalue weighted by Crippen LogP contribution is -2.13. The minimum absolute atomic E-state index is 0.395. The average molecular weight is 289 g/mol. The summed E-state index contributed by atoms with van der Waals surface area (Å²) in [6, 6.07) is 12.6. The molecule has 6 nitrogen and oxygen atoms in total. The molecule has 2 aromatic carbocycles. The van der Waals surface area contributed by atoms with Gasteiger partial charge in [0, 0.05) is 22.1 Å². The number of hydrogen-bond acceptors (Lipinski definition) is 4. The van der Waals surface area contributed by atoms with Crippen LogP contribution in [0.1, 0.15) is 15.9 Å². The highest BCUT2D eigenvalue weighted by atomic mass is 16.2. The van der Waals surface area contributed by atoms with Crippen molar-refractivity contribution in [3.63, 3.8) is 0 Å². The molecule has 0 atom stereocenters. The number of nitrogens with zero attached hydrogens (tertiary/aromatic N) is 3. The molecule has 0 fully saturated rings. The van der Waals surface area contributed by atoms with Crippen molar-refractivity contribution in [1.82, 2.24) is 9.97 Å². The summed E-state index contributed by atoms with van der Waals surface area (Å²) in [6.45, 7) is 1.52. The molecule has 1 N–H and O–H groups in total. The zero-order valence-corrected chi connectivity index (χ0v) is 11.3. The van der Waals surface area contributed by atoms with E-state index in [-0.39, 0.29) is 0 Å². The predicted octanol–water partition coefficient (Wildman–Crippen LogP) is 2.71. The fourth-order valence-electron chi connectivity index (χ4n) is 2.60. The standard InChI is InChI=1S/C16H9N4O2/c21-15-10-6-3-5-9(12(10)8-17-20-15)14-11-4-1-2-7-13(11)18-16(22)19-14/h1-8H,(H,18,19,22). The predicted molar refractivity (Wildman–Crippen MR) is 80.4 cm³/mol. The number of rotatable bonds is 1. The smallest absolute Gasteiger partial charge is 0.305 e. The van der Waals surface area contributed by atoms with E-state index in [0.717, 1.165) is 5.39 Å². The molecule has 1 amide bonds. The van der Waals surface area contributed by atoms with Gasteiger partial charge in [-0.25, -0.2) is 4.79 Å². The third-order valence-corrected chi connectivity index (χ3v) is 3.56. The molecule has 6 heteroatoms. The van der Waals surface area contributed by atoms with Crippen molar-refractivity contribution in [3.05, 3.63) is 70.6 Å². The lowest BCUT2D eigenvalue weighted by molar-refractivity contribution is 0.0991. The molecule has 0 spiro atoms. The lowest BCUT2D eigenvalue weighted by Gasteiger charge is -2.13. The number of carbonyl (C=O) groups is 1. The summed E-state index contributed by atoms with van der Waals surface area (Å²) in [7, 11) is 0. The van der Waals surface area contributed by atoms with Gasteiger partial charge in [-0.1, -0.05) is 30.3 Å². The highest BCUT2D eigenvalue weighted by molar-refractivity contribution is 6.01. The molecule has 105 valence electrons. The summed E-state index contributed by atoms with van der Waals surface area (Å²) in [4.78, 5) is 30.4. The number of carbonyl (C=O) groups excluding carboxylic acids is 1. The van der Waals surface area contributed by atoms with Crippen LogP contribution in [0, 0.1) is 6.54 Å². The Bertz CT molecular complexity index is 1000. The Morgan fingerprint density at radius 2 is 1.73 bits per heavy atom. The zero-order chi connectivity index (χ0) is 15.1. The van der Waals surface area contributed by atoms with E-state index in [0.29, 0.717) is 27.9 Å². The molecular weight excluding hydrogens is 280 g/mol. The summed E-state index contributed by atoms with van der Waals surface area (Å²) in [6.07, 6.45) is 0. The molecule has 0 saturated heterocycles. The molecule has 1 radical (unpaired) electrons. The minimum atomic E-state index is -0.435. The molecule has 3 aromatic rings. The molecule has 1 aliphatic heterocycles. The van der Waals surface area contributed by atoms with Gasteiger partial charge in [0.05, 0.1) is 11.2 Å². The molecule has 1 aliphatic rings. The van der Waals surface area contributed by atoms with E-state index in [9.17, 15) is 9.59 Å². The van der Waals surface area contributed by atoms with Crippen LogP contribution in [0.25, 0.3) is 22.2 Å². The van der Waals surface area contributed by atoms with Crippen LogP contribution in [0.3, 0.4) is 0 Å². The van der Waals surface area contributed by atoms with Crippen LogP contribution in [0.4, 0.5) is 0 Å². The number of benzene rings is 2. The van der Waals surface area contributed by atoms with Crippen LogP contribution in [0.15, 0.2) is 57.5 Å². The number of H-pyrrole nitrogens is 1. The van der Waals surface area contributed by atoms with Gasteiger partial charge in [-0.15, -0.1) is 5.11 Å². The van der Waals surface area contributed by atoms with Crippen molar-refractivity contribution in [2.45, 2.75) is 0 Å². The van der Waals surface area contributed by atoms with Gasteiger partial charge in [0.2, 0.25) is 0 Å². The van der Waals surface area contributed by atoms with E-state index in [1.54, 1.807) is 12.1 Å². The van der Waals surface area contributed by atoms with Gasteiger partial charge in [0.15, 0.2) is 0 Å². The van der Waals surface area contributed by atoms with Crippen molar-refractivity contribution in [1.29, 1.82) is 0 Å². The Labute approximate surface area is 124 Å². The Morgan fingerprint density at radius 1 is 0.909 bits per heavy atom. The van der Waals surface area contributed by atoms with Crippen LogP contribution in [-0.4, -0.2) is 15.9 Å². The van der Waals surface area contributed by atoms with Crippen LogP contribution in [-0.2, 0) is 0 Å².